The smallest absolute Gasteiger partial charge is 0.234 e. The van der Waals surface area contributed by atoms with Crippen LogP contribution in [0.15, 0.2) is 18.3 Å². The van der Waals surface area contributed by atoms with Crippen molar-refractivity contribution >= 4 is 24.1 Å². The van der Waals surface area contributed by atoms with Crippen LogP contribution in [0.5, 0.6) is 0 Å². The lowest BCUT2D eigenvalue weighted by Crippen LogP contribution is -2.31. The van der Waals surface area contributed by atoms with Gasteiger partial charge in [0.05, 0.1) is 6.54 Å². The summed E-state index contributed by atoms with van der Waals surface area (Å²) in [4.78, 5) is 18.3. The van der Waals surface area contributed by atoms with Gasteiger partial charge in [0.25, 0.3) is 0 Å². The number of hydrogen-bond acceptors (Lipinski definition) is 4. The first-order chi connectivity index (χ1) is 9.79. The van der Waals surface area contributed by atoms with E-state index in [0.717, 1.165) is 24.5 Å². The van der Waals surface area contributed by atoms with Crippen molar-refractivity contribution in [3.8, 4) is 0 Å². The number of nitrogens with one attached hydrogen (secondary N) is 2. The molecular formula is C15H25ClN4O. The van der Waals surface area contributed by atoms with Gasteiger partial charge in [0, 0.05) is 25.8 Å². The van der Waals surface area contributed by atoms with E-state index in [1.165, 1.54) is 25.7 Å². The van der Waals surface area contributed by atoms with E-state index in [1.54, 1.807) is 7.05 Å². The monoisotopic (exact) mass is 312 g/mol. The number of anilines is 1. The number of hydrogen-bond donors (Lipinski definition) is 2. The fraction of sp³-hybridized carbons (Fsp3) is 0.600. The molecule has 5 nitrogen and oxygen atoms in total. The van der Waals surface area contributed by atoms with Crippen LogP contribution in [0, 0.1) is 0 Å². The lowest BCUT2D eigenvalue weighted by atomic mass is 10.2. The minimum absolute atomic E-state index is 0. The second-order valence-corrected chi connectivity index (χ2v) is 5.23. The Labute approximate surface area is 132 Å². The predicted molar refractivity (Wildman–Crippen MR) is 87.9 cm³/mol. The van der Waals surface area contributed by atoms with Crippen LogP contribution in [0.1, 0.15) is 31.2 Å². The highest BCUT2D eigenvalue weighted by Gasteiger charge is 2.10. The Balaban J connectivity index is 0.00000220. The van der Waals surface area contributed by atoms with Crippen molar-refractivity contribution in [3.63, 3.8) is 0 Å². The molecule has 1 aliphatic heterocycles. The van der Waals surface area contributed by atoms with E-state index in [9.17, 15) is 4.79 Å². The molecule has 2 N–H and O–H groups in total. The molecule has 118 valence electrons. The molecule has 21 heavy (non-hydrogen) atoms. The second-order valence-electron chi connectivity index (χ2n) is 5.23. The number of carbonyl (C=O) groups excluding carboxylic acids is 1. The summed E-state index contributed by atoms with van der Waals surface area (Å²) in [5, 5.41) is 5.68. The molecule has 0 unspecified atom stereocenters. The van der Waals surface area contributed by atoms with Crippen molar-refractivity contribution in [2.24, 2.45) is 0 Å². The zero-order chi connectivity index (χ0) is 14.2. The van der Waals surface area contributed by atoms with Crippen LogP contribution in [0.3, 0.4) is 0 Å². The number of aromatic nitrogens is 1. The zero-order valence-corrected chi connectivity index (χ0v) is 13.4. The van der Waals surface area contributed by atoms with E-state index in [0.29, 0.717) is 13.1 Å². The zero-order valence-electron chi connectivity index (χ0n) is 12.6. The van der Waals surface area contributed by atoms with Gasteiger partial charge in [0.1, 0.15) is 5.82 Å². The molecule has 2 heterocycles. The fourth-order valence-electron chi connectivity index (χ4n) is 2.43. The Morgan fingerprint density at radius 2 is 1.95 bits per heavy atom. The third-order valence-corrected chi connectivity index (χ3v) is 3.57. The molecule has 0 atom stereocenters. The van der Waals surface area contributed by atoms with E-state index in [-0.39, 0.29) is 18.3 Å². The molecule has 0 bridgehead atoms. The summed E-state index contributed by atoms with van der Waals surface area (Å²) in [5.74, 6) is 1.06. The van der Waals surface area contributed by atoms with E-state index >= 15 is 0 Å². The normalized spacial score (nSPS) is 15.0. The van der Waals surface area contributed by atoms with Crippen molar-refractivity contribution in [3.05, 3.63) is 23.9 Å². The highest BCUT2D eigenvalue weighted by atomic mass is 35.5. The first kappa shape index (κ1) is 17.7. The van der Waals surface area contributed by atoms with Gasteiger partial charge in [-0.05, 0) is 31.5 Å². The molecule has 1 aromatic rings. The molecule has 2 rings (SSSR count). The van der Waals surface area contributed by atoms with E-state index < -0.39 is 0 Å². The number of pyridine rings is 1. The van der Waals surface area contributed by atoms with Crippen LogP contribution < -0.4 is 15.5 Å². The van der Waals surface area contributed by atoms with Crippen molar-refractivity contribution < 1.29 is 4.79 Å². The standard InChI is InChI=1S/C15H24N4O.ClH/c1-16-12-15(20)18-11-13-6-7-14(17-10-13)19-8-4-2-3-5-9-19;/h6-7,10,16H,2-5,8-9,11-12H2,1H3,(H,18,20);1H. The predicted octanol–water partition coefficient (Wildman–Crippen LogP) is 1.72. The summed E-state index contributed by atoms with van der Waals surface area (Å²) in [5.41, 5.74) is 1.04. The van der Waals surface area contributed by atoms with Crippen molar-refractivity contribution in [2.75, 3.05) is 31.6 Å². The summed E-state index contributed by atoms with van der Waals surface area (Å²) in [6.07, 6.45) is 7.02. The molecule has 1 fully saturated rings. The van der Waals surface area contributed by atoms with Gasteiger partial charge >= 0.3 is 0 Å². The van der Waals surface area contributed by atoms with Crippen LogP contribution in [0.4, 0.5) is 5.82 Å². The van der Waals surface area contributed by atoms with Crippen molar-refractivity contribution in [1.29, 1.82) is 0 Å². The maximum Gasteiger partial charge on any atom is 0.234 e. The molecule has 1 saturated heterocycles. The summed E-state index contributed by atoms with van der Waals surface area (Å²) >= 11 is 0. The fourth-order valence-corrected chi connectivity index (χ4v) is 2.43. The van der Waals surface area contributed by atoms with Crippen LogP contribution in [0.25, 0.3) is 0 Å². The molecule has 6 heteroatoms. The molecule has 0 radical (unpaired) electrons. The Bertz CT molecular complexity index is 416. The van der Waals surface area contributed by atoms with Crippen LogP contribution in [0.2, 0.25) is 0 Å². The molecule has 1 amide bonds. The Kier molecular flexibility index (Phi) is 8.08. The molecule has 0 spiro atoms. The van der Waals surface area contributed by atoms with Gasteiger partial charge in [0.2, 0.25) is 5.91 Å². The van der Waals surface area contributed by atoms with Gasteiger partial charge in [-0.25, -0.2) is 4.98 Å². The molecule has 0 aromatic carbocycles. The van der Waals surface area contributed by atoms with Crippen LogP contribution in [-0.4, -0.2) is 37.6 Å². The van der Waals surface area contributed by atoms with Gasteiger partial charge < -0.3 is 15.5 Å². The Hall–Kier alpha value is -1.33. The van der Waals surface area contributed by atoms with Crippen molar-refractivity contribution in [1.82, 2.24) is 15.6 Å². The third-order valence-electron chi connectivity index (χ3n) is 3.57. The van der Waals surface area contributed by atoms with E-state index in [2.05, 4.69) is 26.6 Å². The third kappa shape index (κ3) is 5.89. The summed E-state index contributed by atoms with van der Waals surface area (Å²) in [6.45, 7) is 3.09. The second kappa shape index (κ2) is 9.58. The van der Waals surface area contributed by atoms with Gasteiger partial charge in [0.15, 0.2) is 0 Å². The minimum atomic E-state index is 0. The van der Waals surface area contributed by atoms with Crippen molar-refractivity contribution in [2.45, 2.75) is 32.2 Å². The van der Waals surface area contributed by atoms with E-state index in [1.807, 2.05) is 12.3 Å². The van der Waals surface area contributed by atoms with Gasteiger partial charge in [-0.3, -0.25) is 4.79 Å². The average molecular weight is 313 g/mol. The first-order valence-corrected chi connectivity index (χ1v) is 7.41. The number of amides is 1. The number of nitrogens with zero attached hydrogens (tertiary/aromatic N) is 2. The molecule has 1 aliphatic rings. The maximum atomic E-state index is 11.4. The van der Waals surface area contributed by atoms with Gasteiger partial charge in [-0.15, -0.1) is 12.4 Å². The van der Waals surface area contributed by atoms with E-state index in [4.69, 9.17) is 0 Å². The lowest BCUT2D eigenvalue weighted by Gasteiger charge is -2.21. The number of likely N-dealkylation sites (N-methyl/N-ethyl adjacent to an activating group) is 1. The molecule has 0 saturated carbocycles. The largest absolute Gasteiger partial charge is 0.357 e. The molecule has 0 aliphatic carbocycles. The SMILES string of the molecule is CNCC(=O)NCc1ccc(N2CCCCCC2)nc1.Cl. The molecular weight excluding hydrogens is 288 g/mol. The maximum absolute atomic E-state index is 11.4. The number of halogens is 1. The quantitative estimate of drug-likeness (QED) is 0.869. The van der Waals surface area contributed by atoms with Gasteiger partial charge in [-0.1, -0.05) is 18.9 Å². The number of rotatable bonds is 5. The lowest BCUT2D eigenvalue weighted by molar-refractivity contribution is -0.120. The van der Waals surface area contributed by atoms with Crippen LogP contribution >= 0.6 is 12.4 Å². The highest BCUT2D eigenvalue weighted by Crippen LogP contribution is 2.17. The summed E-state index contributed by atoms with van der Waals surface area (Å²) < 4.78 is 0. The Morgan fingerprint density at radius 1 is 1.24 bits per heavy atom. The average Bonchev–Trinajstić information content (AvgIpc) is 2.75. The highest BCUT2D eigenvalue weighted by molar-refractivity contribution is 5.85. The summed E-state index contributed by atoms with van der Waals surface area (Å²) in [7, 11) is 1.76. The number of carbonyl (C=O) groups is 1. The Morgan fingerprint density at radius 3 is 2.52 bits per heavy atom. The minimum Gasteiger partial charge on any atom is -0.357 e. The van der Waals surface area contributed by atoms with Crippen LogP contribution in [-0.2, 0) is 11.3 Å². The first-order valence-electron chi connectivity index (χ1n) is 7.41. The topological polar surface area (TPSA) is 57.3 Å². The molecule has 1 aromatic heterocycles. The van der Waals surface area contributed by atoms with Gasteiger partial charge in [-0.2, -0.15) is 0 Å². The summed E-state index contributed by atoms with van der Waals surface area (Å²) in [6, 6.07) is 4.11.